The van der Waals surface area contributed by atoms with Crippen LogP contribution in [0.5, 0.6) is 0 Å². The lowest BCUT2D eigenvalue weighted by Gasteiger charge is -2.24. The van der Waals surface area contributed by atoms with Gasteiger partial charge < -0.3 is 29.5 Å². The normalized spacial score (nSPS) is 27.4. The number of ether oxygens (including phenoxy) is 3. The van der Waals surface area contributed by atoms with Crippen molar-refractivity contribution in [3.05, 3.63) is 11.6 Å². The molecule has 0 aromatic rings. The molecule has 0 aromatic heterocycles. The minimum absolute atomic E-state index is 0.0170. The van der Waals surface area contributed by atoms with Gasteiger partial charge in [0.15, 0.2) is 0 Å². The summed E-state index contributed by atoms with van der Waals surface area (Å²) >= 11 is 0. The summed E-state index contributed by atoms with van der Waals surface area (Å²) in [6.45, 7) is 4.11. The van der Waals surface area contributed by atoms with Gasteiger partial charge >= 0.3 is 5.97 Å². The lowest BCUT2D eigenvalue weighted by Crippen LogP contribution is -2.33. The van der Waals surface area contributed by atoms with Crippen molar-refractivity contribution >= 4 is 5.97 Å². The maximum atomic E-state index is 11.6. The Morgan fingerprint density at radius 2 is 1.14 bits per heavy atom. The van der Waals surface area contributed by atoms with Crippen LogP contribution >= 0.6 is 0 Å². The van der Waals surface area contributed by atoms with E-state index in [1.807, 2.05) is 13.0 Å². The Morgan fingerprint density at radius 3 is 1.68 bits per heavy atom. The fourth-order valence-electron chi connectivity index (χ4n) is 7.28. The quantitative estimate of drug-likeness (QED) is 0.0703. The predicted molar refractivity (Wildman–Crippen MR) is 175 cm³/mol. The van der Waals surface area contributed by atoms with Crippen LogP contribution in [0.4, 0.5) is 0 Å². The second-order valence-electron chi connectivity index (χ2n) is 14.0. The molecule has 44 heavy (non-hydrogen) atoms. The zero-order valence-electron chi connectivity index (χ0n) is 28.1. The first kappa shape index (κ1) is 37.5. The summed E-state index contributed by atoms with van der Waals surface area (Å²) in [7, 11) is 0. The molecule has 256 valence electrons. The third-order valence-electron chi connectivity index (χ3n) is 10.1. The average Bonchev–Trinajstić information content (AvgIpc) is 3.76. The number of aliphatic hydroxyl groups excluding tert-OH is 3. The van der Waals surface area contributed by atoms with Crippen LogP contribution in [0.2, 0.25) is 0 Å². The molecule has 0 aromatic carbocycles. The SMILES string of the molecule is CCCCCC[C@@H](O)CCC[C@H](O)[C@H]1CC[C@H]([C@H]2CC[C@H]([C@H](O)CCCCCCCCCCCCC3=C[C@H](C)OC3=O)O2)O1. The maximum absolute atomic E-state index is 11.6. The summed E-state index contributed by atoms with van der Waals surface area (Å²) in [4.78, 5) is 11.6. The Hall–Kier alpha value is -0.990. The summed E-state index contributed by atoms with van der Waals surface area (Å²) in [6.07, 6.45) is 25.7. The molecule has 3 rings (SSSR count). The fourth-order valence-corrected chi connectivity index (χ4v) is 7.28. The van der Waals surface area contributed by atoms with Gasteiger partial charge in [0.25, 0.3) is 0 Å². The molecule has 0 amide bonds. The summed E-state index contributed by atoms with van der Waals surface area (Å²) in [5, 5.41) is 31.6. The molecule has 8 atom stereocenters. The van der Waals surface area contributed by atoms with Gasteiger partial charge in [0, 0.05) is 5.57 Å². The van der Waals surface area contributed by atoms with Gasteiger partial charge in [-0.05, 0) is 83.6 Å². The second kappa shape index (κ2) is 21.7. The average molecular weight is 623 g/mol. The van der Waals surface area contributed by atoms with Crippen LogP contribution in [0.25, 0.3) is 0 Å². The number of aliphatic hydroxyl groups is 3. The van der Waals surface area contributed by atoms with Crippen molar-refractivity contribution in [3.63, 3.8) is 0 Å². The summed E-state index contributed by atoms with van der Waals surface area (Å²) in [6, 6.07) is 0. The molecule has 0 unspecified atom stereocenters. The van der Waals surface area contributed by atoms with E-state index in [2.05, 4.69) is 6.92 Å². The van der Waals surface area contributed by atoms with E-state index in [1.54, 1.807) is 0 Å². The van der Waals surface area contributed by atoms with E-state index in [0.29, 0.717) is 6.42 Å². The molecule has 0 saturated carbocycles. The highest BCUT2D eigenvalue weighted by Crippen LogP contribution is 2.34. The monoisotopic (exact) mass is 622 g/mol. The second-order valence-corrected chi connectivity index (χ2v) is 14.0. The number of carbonyl (C=O) groups excluding carboxylic acids is 1. The summed E-state index contributed by atoms with van der Waals surface area (Å²) in [5.41, 5.74) is 0.863. The van der Waals surface area contributed by atoms with E-state index in [1.165, 1.54) is 64.2 Å². The van der Waals surface area contributed by atoms with Gasteiger partial charge in [0.05, 0.1) is 42.7 Å². The fraction of sp³-hybridized carbons (Fsp3) is 0.919. The number of hydrogen-bond donors (Lipinski definition) is 3. The molecule has 0 spiro atoms. The van der Waals surface area contributed by atoms with Crippen molar-refractivity contribution in [2.75, 3.05) is 0 Å². The molecule has 7 heteroatoms. The molecular formula is C37H66O7. The van der Waals surface area contributed by atoms with Crippen molar-refractivity contribution in [1.29, 1.82) is 0 Å². The smallest absolute Gasteiger partial charge is 0.334 e. The molecular weight excluding hydrogens is 556 g/mol. The van der Waals surface area contributed by atoms with Crippen LogP contribution in [0.3, 0.4) is 0 Å². The van der Waals surface area contributed by atoms with Gasteiger partial charge in [-0.2, -0.15) is 0 Å². The molecule has 0 aliphatic carbocycles. The molecule has 3 aliphatic heterocycles. The number of rotatable bonds is 25. The number of carbonyl (C=O) groups is 1. The Kier molecular flexibility index (Phi) is 18.5. The van der Waals surface area contributed by atoms with Crippen molar-refractivity contribution in [2.24, 2.45) is 0 Å². The zero-order chi connectivity index (χ0) is 31.6. The van der Waals surface area contributed by atoms with Crippen LogP contribution in [-0.2, 0) is 19.0 Å². The van der Waals surface area contributed by atoms with E-state index in [9.17, 15) is 20.1 Å². The first-order valence-electron chi connectivity index (χ1n) is 18.6. The molecule has 7 nitrogen and oxygen atoms in total. The van der Waals surface area contributed by atoms with Crippen molar-refractivity contribution in [3.8, 4) is 0 Å². The van der Waals surface area contributed by atoms with E-state index < -0.39 is 12.2 Å². The highest BCUT2D eigenvalue weighted by Gasteiger charge is 2.40. The Bertz CT molecular complexity index is 801. The van der Waals surface area contributed by atoms with E-state index in [0.717, 1.165) is 89.0 Å². The first-order chi connectivity index (χ1) is 21.4. The van der Waals surface area contributed by atoms with Gasteiger partial charge in [-0.1, -0.05) is 90.4 Å². The summed E-state index contributed by atoms with van der Waals surface area (Å²) in [5.74, 6) is -0.123. The van der Waals surface area contributed by atoms with Gasteiger partial charge in [0.1, 0.15) is 6.10 Å². The topological polar surface area (TPSA) is 105 Å². The maximum Gasteiger partial charge on any atom is 0.334 e. The third-order valence-corrected chi connectivity index (χ3v) is 10.1. The number of esters is 1. The standard InChI is InChI=1S/C37H66O7/c1-3-4-5-15-19-30(38)20-17-22-32(40)34-24-26-36(44-34)35-25-23-33(43-35)31(39)21-16-13-11-9-7-6-8-10-12-14-18-29-27-28(2)42-37(29)41/h27-28,30-36,38-40H,3-26H2,1-2H3/t28-,30+,31+,32-,33+,34+,35+,36+/m0/s1. The Morgan fingerprint density at radius 1 is 0.659 bits per heavy atom. The van der Waals surface area contributed by atoms with Crippen LogP contribution in [0.15, 0.2) is 11.6 Å². The van der Waals surface area contributed by atoms with Crippen LogP contribution in [0, 0.1) is 0 Å². The zero-order valence-corrected chi connectivity index (χ0v) is 28.1. The first-order valence-corrected chi connectivity index (χ1v) is 18.6. The molecule has 3 heterocycles. The molecule has 2 fully saturated rings. The van der Waals surface area contributed by atoms with Gasteiger partial charge in [-0.3, -0.25) is 0 Å². The minimum atomic E-state index is -0.479. The van der Waals surface area contributed by atoms with E-state index in [-0.39, 0.29) is 42.6 Å². The highest BCUT2D eigenvalue weighted by molar-refractivity contribution is 5.90. The van der Waals surface area contributed by atoms with Crippen LogP contribution in [-0.4, -0.2) is 70.1 Å². The van der Waals surface area contributed by atoms with E-state index in [4.69, 9.17) is 14.2 Å². The van der Waals surface area contributed by atoms with Crippen molar-refractivity contribution in [2.45, 2.75) is 217 Å². The number of cyclic esters (lactones) is 1. The predicted octanol–water partition coefficient (Wildman–Crippen LogP) is 7.86. The van der Waals surface area contributed by atoms with Crippen molar-refractivity contribution < 1.29 is 34.3 Å². The van der Waals surface area contributed by atoms with Crippen LogP contribution < -0.4 is 0 Å². The number of hydrogen-bond acceptors (Lipinski definition) is 7. The van der Waals surface area contributed by atoms with Gasteiger partial charge in [-0.25, -0.2) is 4.79 Å². The lowest BCUT2D eigenvalue weighted by molar-refractivity contribution is -0.139. The van der Waals surface area contributed by atoms with E-state index >= 15 is 0 Å². The summed E-state index contributed by atoms with van der Waals surface area (Å²) < 4.78 is 17.7. The molecule has 3 aliphatic rings. The van der Waals surface area contributed by atoms with Gasteiger partial charge in [-0.15, -0.1) is 0 Å². The van der Waals surface area contributed by atoms with Crippen molar-refractivity contribution in [1.82, 2.24) is 0 Å². The molecule has 3 N–H and O–H groups in total. The highest BCUT2D eigenvalue weighted by atomic mass is 16.6. The molecule has 0 bridgehead atoms. The minimum Gasteiger partial charge on any atom is -0.455 e. The molecule has 2 saturated heterocycles. The third kappa shape index (κ3) is 14.2. The van der Waals surface area contributed by atoms with Gasteiger partial charge in [0.2, 0.25) is 0 Å². The number of unbranched alkanes of at least 4 members (excludes halogenated alkanes) is 12. The lowest BCUT2D eigenvalue weighted by atomic mass is 9.99. The molecule has 0 radical (unpaired) electrons. The van der Waals surface area contributed by atoms with Crippen LogP contribution in [0.1, 0.15) is 168 Å². The Labute approximate surface area is 268 Å². The largest absolute Gasteiger partial charge is 0.455 e. The Balaban J connectivity index is 1.13.